The van der Waals surface area contributed by atoms with Crippen LogP contribution in [0.3, 0.4) is 0 Å². The van der Waals surface area contributed by atoms with Gasteiger partial charge in [-0.1, -0.05) is 32.8 Å². The summed E-state index contributed by atoms with van der Waals surface area (Å²) >= 11 is 0. The molecule has 1 aliphatic rings. The second-order valence-electron chi connectivity index (χ2n) is 5.34. The molecular weight excluding hydrogens is 224 g/mol. The van der Waals surface area contributed by atoms with Gasteiger partial charge >= 0.3 is 0 Å². The molecule has 1 saturated heterocycles. The highest BCUT2D eigenvalue weighted by Gasteiger charge is 2.31. The van der Waals surface area contributed by atoms with Crippen molar-refractivity contribution in [1.82, 2.24) is 4.98 Å². The minimum atomic E-state index is 0.0234. The van der Waals surface area contributed by atoms with Gasteiger partial charge in [-0.15, -0.1) is 0 Å². The van der Waals surface area contributed by atoms with Crippen LogP contribution in [0.5, 0.6) is 0 Å². The highest BCUT2D eigenvalue weighted by atomic mass is 16.3. The van der Waals surface area contributed by atoms with Crippen LogP contribution in [0, 0.1) is 5.41 Å². The van der Waals surface area contributed by atoms with E-state index < -0.39 is 0 Å². The molecule has 0 aromatic carbocycles. The zero-order valence-corrected chi connectivity index (χ0v) is 11.5. The van der Waals surface area contributed by atoms with E-state index in [2.05, 4.69) is 23.7 Å². The number of piperidine rings is 1. The van der Waals surface area contributed by atoms with Crippen LogP contribution in [-0.4, -0.2) is 23.2 Å². The van der Waals surface area contributed by atoms with Crippen molar-refractivity contribution in [2.24, 2.45) is 5.41 Å². The molecule has 18 heavy (non-hydrogen) atoms. The summed E-state index contributed by atoms with van der Waals surface area (Å²) in [5.74, 6) is 1.02. The predicted molar refractivity (Wildman–Crippen MR) is 74.6 cm³/mol. The minimum absolute atomic E-state index is 0.0234. The number of nitrogens with zero attached hydrogens (tertiary/aromatic N) is 2. The maximum Gasteiger partial charge on any atom is 0.128 e. The Morgan fingerprint density at radius 2 is 1.89 bits per heavy atom. The zero-order valence-electron chi connectivity index (χ0n) is 11.5. The molecule has 0 unspecified atom stereocenters. The highest BCUT2D eigenvalue weighted by molar-refractivity contribution is 5.39. The first-order chi connectivity index (χ1) is 8.73. The molecule has 1 fully saturated rings. The summed E-state index contributed by atoms with van der Waals surface area (Å²) in [6.07, 6.45) is 5.07. The van der Waals surface area contributed by atoms with Gasteiger partial charge in [0.25, 0.3) is 0 Å². The van der Waals surface area contributed by atoms with Crippen molar-refractivity contribution >= 4 is 5.82 Å². The van der Waals surface area contributed by atoms with Crippen molar-refractivity contribution in [2.45, 2.75) is 46.1 Å². The molecule has 3 heteroatoms. The summed E-state index contributed by atoms with van der Waals surface area (Å²) in [5.41, 5.74) is 1.31. The fourth-order valence-electron chi connectivity index (χ4n) is 2.90. The maximum absolute atomic E-state index is 9.14. The Balaban J connectivity index is 2.04. The van der Waals surface area contributed by atoms with Gasteiger partial charge in [-0.2, -0.15) is 0 Å². The van der Waals surface area contributed by atoms with Crippen LogP contribution < -0.4 is 4.90 Å². The van der Waals surface area contributed by atoms with Crippen LogP contribution in [0.2, 0.25) is 0 Å². The van der Waals surface area contributed by atoms with Gasteiger partial charge in [0.1, 0.15) is 5.82 Å². The first-order valence-electron chi connectivity index (χ1n) is 7.05. The van der Waals surface area contributed by atoms with E-state index in [4.69, 9.17) is 5.11 Å². The quantitative estimate of drug-likeness (QED) is 0.890. The van der Waals surface area contributed by atoms with E-state index in [1.54, 1.807) is 0 Å². The van der Waals surface area contributed by atoms with Crippen LogP contribution in [0.15, 0.2) is 18.2 Å². The average Bonchev–Trinajstić information content (AvgIpc) is 2.47. The van der Waals surface area contributed by atoms with Crippen molar-refractivity contribution in [3.63, 3.8) is 0 Å². The molecule has 0 atom stereocenters. The highest BCUT2D eigenvalue weighted by Crippen LogP contribution is 2.38. The van der Waals surface area contributed by atoms with Crippen LogP contribution in [-0.2, 0) is 6.61 Å². The molecule has 0 aliphatic carbocycles. The SMILES string of the molecule is CCC1(CC)CCN(c2cccc(CO)n2)CC1. The largest absolute Gasteiger partial charge is 0.390 e. The minimum Gasteiger partial charge on any atom is -0.390 e. The lowest BCUT2D eigenvalue weighted by Gasteiger charge is -2.41. The molecule has 2 rings (SSSR count). The van der Waals surface area contributed by atoms with Gasteiger partial charge in [0.2, 0.25) is 0 Å². The average molecular weight is 248 g/mol. The third-order valence-corrected chi connectivity index (χ3v) is 4.60. The molecule has 0 radical (unpaired) electrons. The summed E-state index contributed by atoms with van der Waals surface area (Å²) in [5, 5.41) is 9.14. The van der Waals surface area contributed by atoms with Crippen LogP contribution >= 0.6 is 0 Å². The van der Waals surface area contributed by atoms with E-state index in [1.807, 2.05) is 18.2 Å². The van der Waals surface area contributed by atoms with Gasteiger partial charge in [-0.25, -0.2) is 4.98 Å². The molecule has 0 saturated carbocycles. The summed E-state index contributed by atoms with van der Waals surface area (Å²) in [6, 6.07) is 5.90. The summed E-state index contributed by atoms with van der Waals surface area (Å²) in [6.45, 7) is 6.82. The second-order valence-corrected chi connectivity index (χ2v) is 5.34. The molecule has 0 amide bonds. The molecule has 1 aromatic heterocycles. The summed E-state index contributed by atoms with van der Waals surface area (Å²) in [7, 11) is 0. The number of rotatable bonds is 4. The summed E-state index contributed by atoms with van der Waals surface area (Å²) in [4.78, 5) is 6.84. The monoisotopic (exact) mass is 248 g/mol. The van der Waals surface area contributed by atoms with E-state index in [9.17, 15) is 0 Å². The predicted octanol–water partition coefficient (Wildman–Crippen LogP) is 2.98. The molecule has 1 N–H and O–H groups in total. The van der Waals surface area contributed by atoms with Gasteiger partial charge in [0.05, 0.1) is 12.3 Å². The molecule has 1 aromatic rings. The van der Waals surface area contributed by atoms with E-state index in [0.29, 0.717) is 5.41 Å². The van der Waals surface area contributed by atoms with E-state index in [0.717, 1.165) is 24.6 Å². The van der Waals surface area contributed by atoms with E-state index >= 15 is 0 Å². The number of aliphatic hydroxyl groups excluding tert-OH is 1. The van der Waals surface area contributed by atoms with Gasteiger partial charge in [-0.05, 0) is 30.4 Å². The Bertz CT molecular complexity index is 378. The van der Waals surface area contributed by atoms with Crippen molar-refractivity contribution < 1.29 is 5.11 Å². The number of hydrogen-bond acceptors (Lipinski definition) is 3. The fraction of sp³-hybridized carbons (Fsp3) is 0.667. The Labute approximate surface area is 110 Å². The molecule has 0 bridgehead atoms. The van der Waals surface area contributed by atoms with Crippen molar-refractivity contribution in [1.29, 1.82) is 0 Å². The smallest absolute Gasteiger partial charge is 0.128 e. The number of hydrogen-bond donors (Lipinski definition) is 1. The first-order valence-corrected chi connectivity index (χ1v) is 7.05. The van der Waals surface area contributed by atoms with Crippen LogP contribution in [0.4, 0.5) is 5.82 Å². The molecule has 100 valence electrons. The third kappa shape index (κ3) is 2.66. The molecule has 2 heterocycles. The Hall–Kier alpha value is -1.09. The first kappa shape index (κ1) is 13.3. The number of pyridine rings is 1. The van der Waals surface area contributed by atoms with Gasteiger partial charge in [0, 0.05) is 13.1 Å². The van der Waals surface area contributed by atoms with Crippen molar-refractivity contribution in [3.05, 3.63) is 23.9 Å². The molecule has 1 aliphatic heterocycles. The maximum atomic E-state index is 9.14. The number of anilines is 1. The lowest BCUT2D eigenvalue weighted by molar-refractivity contribution is 0.199. The fourth-order valence-corrected chi connectivity index (χ4v) is 2.90. The second kappa shape index (κ2) is 5.70. The van der Waals surface area contributed by atoms with Gasteiger partial charge < -0.3 is 10.0 Å². The van der Waals surface area contributed by atoms with Gasteiger partial charge in [0.15, 0.2) is 0 Å². The molecule has 3 nitrogen and oxygen atoms in total. The lowest BCUT2D eigenvalue weighted by atomic mass is 9.74. The lowest BCUT2D eigenvalue weighted by Crippen LogP contribution is -2.40. The number of aromatic nitrogens is 1. The molecule has 0 spiro atoms. The molecular formula is C15H24N2O. The summed E-state index contributed by atoms with van der Waals surface area (Å²) < 4.78 is 0. The van der Waals surface area contributed by atoms with Crippen molar-refractivity contribution in [2.75, 3.05) is 18.0 Å². The van der Waals surface area contributed by atoms with Crippen LogP contribution in [0.25, 0.3) is 0 Å². The third-order valence-electron chi connectivity index (χ3n) is 4.60. The topological polar surface area (TPSA) is 36.4 Å². The van der Waals surface area contributed by atoms with E-state index in [-0.39, 0.29) is 6.61 Å². The Kier molecular flexibility index (Phi) is 4.23. The Morgan fingerprint density at radius 1 is 1.22 bits per heavy atom. The van der Waals surface area contributed by atoms with Crippen molar-refractivity contribution in [3.8, 4) is 0 Å². The van der Waals surface area contributed by atoms with E-state index in [1.165, 1.54) is 25.7 Å². The number of aliphatic hydroxyl groups is 1. The normalized spacial score (nSPS) is 18.9. The van der Waals surface area contributed by atoms with Crippen LogP contribution in [0.1, 0.15) is 45.2 Å². The van der Waals surface area contributed by atoms with Gasteiger partial charge in [-0.3, -0.25) is 0 Å². The zero-order chi connectivity index (χ0) is 13.0. The Morgan fingerprint density at radius 3 is 2.44 bits per heavy atom. The standard InChI is InChI=1S/C15H24N2O/c1-3-15(4-2)8-10-17(11-9-15)14-7-5-6-13(12-18)16-14/h5-7,18H,3-4,8-12H2,1-2H3.